The Balaban J connectivity index is 1.85. The minimum Gasteiger partial charge on any atom is -0.479 e. The number of ether oxygens (including phenoxy) is 1. The van der Waals surface area contributed by atoms with Crippen molar-refractivity contribution in [1.82, 2.24) is 14.9 Å². The summed E-state index contributed by atoms with van der Waals surface area (Å²) in [7, 11) is 0. The molecular weight excluding hydrogens is 455 g/mol. The molecule has 1 aliphatic rings. The van der Waals surface area contributed by atoms with Gasteiger partial charge in [0, 0.05) is 31.2 Å². The van der Waals surface area contributed by atoms with E-state index in [2.05, 4.69) is 15.3 Å². The molecule has 0 aliphatic carbocycles. The quantitative estimate of drug-likeness (QED) is 0.671. The number of anilines is 3. The number of carbonyl (C=O) groups excluding carboxylic acids is 1. The molecule has 1 aromatic heterocycles. The van der Waals surface area contributed by atoms with E-state index < -0.39 is 34.9 Å². The Hall–Kier alpha value is -3.57. The van der Waals surface area contributed by atoms with Crippen molar-refractivity contribution in [2.45, 2.75) is 45.0 Å². The Labute approximate surface area is 194 Å². The van der Waals surface area contributed by atoms with E-state index >= 15 is 0 Å². The predicted molar refractivity (Wildman–Crippen MR) is 118 cm³/mol. The summed E-state index contributed by atoms with van der Waals surface area (Å²) in [4.78, 5) is 36.3. The maximum absolute atomic E-state index is 12.8. The number of halogens is 3. The molecule has 0 bridgehead atoms. The van der Waals surface area contributed by atoms with Crippen LogP contribution in [0.5, 0.6) is 0 Å². The smallest absolute Gasteiger partial charge is 0.416 e. The minimum atomic E-state index is -4.45. The molecule has 2 N–H and O–H groups in total. The van der Waals surface area contributed by atoms with Crippen LogP contribution in [0, 0.1) is 0 Å². The topological polar surface area (TPSA) is 108 Å². The highest BCUT2D eigenvalue weighted by molar-refractivity contribution is 5.86. The second-order valence-corrected chi connectivity index (χ2v) is 9.06. The van der Waals surface area contributed by atoms with Crippen LogP contribution in [-0.4, -0.2) is 62.8 Å². The number of rotatable bonds is 4. The van der Waals surface area contributed by atoms with E-state index in [9.17, 15) is 27.9 Å². The van der Waals surface area contributed by atoms with Crippen molar-refractivity contribution >= 4 is 29.4 Å². The zero-order chi connectivity index (χ0) is 25.3. The number of carbonyl (C=O) groups is 2. The van der Waals surface area contributed by atoms with E-state index in [4.69, 9.17) is 4.74 Å². The average molecular weight is 481 g/mol. The molecule has 0 spiro atoms. The van der Waals surface area contributed by atoms with Crippen molar-refractivity contribution in [3.05, 3.63) is 42.2 Å². The molecule has 184 valence electrons. The van der Waals surface area contributed by atoms with Crippen LogP contribution in [0.25, 0.3) is 0 Å². The number of piperazine rings is 1. The summed E-state index contributed by atoms with van der Waals surface area (Å²) in [5, 5.41) is 12.9. The molecule has 1 aliphatic heterocycles. The molecule has 3 rings (SSSR count). The van der Waals surface area contributed by atoms with Crippen molar-refractivity contribution in [2.75, 3.05) is 29.9 Å². The van der Waals surface area contributed by atoms with Gasteiger partial charge in [0.15, 0.2) is 17.2 Å². The summed E-state index contributed by atoms with van der Waals surface area (Å²) in [6, 6.07) is 4.42. The first kappa shape index (κ1) is 25.1. The van der Waals surface area contributed by atoms with Gasteiger partial charge in [0.2, 0.25) is 0 Å². The number of nitrogens with zero attached hydrogens (tertiary/aromatic N) is 4. The molecule has 2 aromatic rings. The Bertz CT molecular complexity index is 1060. The van der Waals surface area contributed by atoms with Gasteiger partial charge in [-0.1, -0.05) is 0 Å². The van der Waals surface area contributed by atoms with Gasteiger partial charge in [0.25, 0.3) is 0 Å². The molecular formula is C22H26F3N5O4. The zero-order valence-corrected chi connectivity index (χ0v) is 19.2. The number of hydrogen-bond donors (Lipinski definition) is 2. The van der Waals surface area contributed by atoms with Crippen molar-refractivity contribution < 1.29 is 32.6 Å². The van der Waals surface area contributed by atoms with Crippen molar-refractivity contribution in [1.29, 1.82) is 0 Å². The van der Waals surface area contributed by atoms with Crippen LogP contribution < -0.4 is 10.2 Å². The molecule has 1 fully saturated rings. The molecule has 1 amide bonds. The first-order chi connectivity index (χ1) is 15.7. The van der Waals surface area contributed by atoms with Crippen LogP contribution in [-0.2, 0) is 15.7 Å². The highest BCUT2D eigenvalue weighted by atomic mass is 19.4. The van der Waals surface area contributed by atoms with Gasteiger partial charge in [0.1, 0.15) is 5.60 Å². The van der Waals surface area contributed by atoms with Crippen LogP contribution in [0.2, 0.25) is 0 Å². The van der Waals surface area contributed by atoms with E-state index in [1.54, 1.807) is 25.7 Å². The van der Waals surface area contributed by atoms with Gasteiger partial charge >= 0.3 is 18.2 Å². The monoisotopic (exact) mass is 481 g/mol. The summed E-state index contributed by atoms with van der Waals surface area (Å²) in [5.74, 6) is -0.677. The number of benzene rings is 1. The molecule has 2 heterocycles. The van der Waals surface area contributed by atoms with Crippen LogP contribution >= 0.6 is 0 Å². The fourth-order valence-electron chi connectivity index (χ4n) is 3.51. The maximum Gasteiger partial charge on any atom is 0.416 e. The van der Waals surface area contributed by atoms with Gasteiger partial charge in [-0.2, -0.15) is 13.2 Å². The molecule has 0 unspecified atom stereocenters. The number of alkyl halides is 3. The van der Waals surface area contributed by atoms with E-state index in [0.29, 0.717) is 11.5 Å². The van der Waals surface area contributed by atoms with Gasteiger partial charge in [-0.25, -0.2) is 19.6 Å². The van der Waals surface area contributed by atoms with Gasteiger partial charge in [-0.3, -0.25) is 4.90 Å². The summed E-state index contributed by atoms with van der Waals surface area (Å²) in [6.45, 7) is 6.68. The summed E-state index contributed by atoms with van der Waals surface area (Å²) in [6.07, 6.45) is -2.36. The number of amides is 1. The van der Waals surface area contributed by atoms with Gasteiger partial charge in [-0.05, 0) is 52.0 Å². The average Bonchev–Trinajstić information content (AvgIpc) is 2.72. The number of carboxylic acid groups (broad SMARTS) is 1. The highest BCUT2D eigenvalue weighted by Gasteiger charge is 2.48. The second kappa shape index (κ2) is 8.99. The molecule has 1 aromatic carbocycles. The third kappa shape index (κ3) is 5.49. The first-order valence-electron chi connectivity index (χ1n) is 10.4. The van der Waals surface area contributed by atoms with Gasteiger partial charge in [0.05, 0.1) is 12.1 Å². The molecule has 1 atom stereocenters. The van der Waals surface area contributed by atoms with Crippen LogP contribution in [0.1, 0.15) is 33.3 Å². The lowest BCUT2D eigenvalue weighted by Gasteiger charge is -2.46. The Morgan fingerprint density at radius 3 is 2.26 bits per heavy atom. The standard InChI is InChI=1S/C22H26F3N5O4/c1-20(2,3)34-19(33)30-12-11-29(13-21(30,4)18(31)32)17-16(26-9-10-27-17)28-15-7-5-14(6-8-15)22(23,24)25/h5-10H,11-13H2,1-4H3,(H,26,28)(H,31,32)/t21-/m1/s1. The van der Waals surface area contributed by atoms with Crippen LogP contribution in [0.3, 0.4) is 0 Å². The molecule has 9 nitrogen and oxygen atoms in total. The van der Waals surface area contributed by atoms with E-state index in [-0.39, 0.29) is 25.5 Å². The molecule has 1 saturated heterocycles. The third-order valence-corrected chi connectivity index (χ3v) is 5.22. The third-order valence-electron chi connectivity index (χ3n) is 5.22. The summed E-state index contributed by atoms with van der Waals surface area (Å²) < 4.78 is 43.9. The highest BCUT2D eigenvalue weighted by Crippen LogP contribution is 2.33. The van der Waals surface area contributed by atoms with E-state index in [1.807, 2.05) is 0 Å². The predicted octanol–water partition coefficient (Wildman–Crippen LogP) is 4.14. The zero-order valence-electron chi connectivity index (χ0n) is 19.2. The fraction of sp³-hybridized carbons (Fsp3) is 0.455. The number of nitrogens with one attached hydrogen (secondary N) is 1. The Kier molecular flexibility index (Phi) is 6.63. The van der Waals surface area contributed by atoms with Gasteiger partial charge in [-0.15, -0.1) is 0 Å². The summed E-state index contributed by atoms with van der Waals surface area (Å²) >= 11 is 0. The molecule has 12 heteroatoms. The Morgan fingerprint density at radius 1 is 1.09 bits per heavy atom. The normalized spacial score (nSPS) is 19.0. The number of aromatic nitrogens is 2. The Morgan fingerprint density at radius 2 is 1.71 bits per heavy atom. The molecule has 34 heavy (non-hydrogen) atoms. The van der Waals surface area contributed by atoms with Crippen LogP contribution in [0.4, 0.5) is 35.3 Å². The second-order valence-electron chi connectivity index (χ2n) is 9.06. The van der Waals surface area contributed by atoms with Gasteiger partial charge < -0.3 is 20.1 Å². The number of carboxylic acids is 1. The lowest BCUT2D eigenvalue weighted by Crippen LogP contribution is -2.67. The molecule has 0 radical (unpaired) electrons. The van der Waals surface area contributed by atoms with Crippen molar-refractivity contribution in [3.63, 3.8) is 0 Å². The van der Waals surface area contributed by atoms with Crippen molar-refractivity contribution in [2.24, 2.45) is 0 Å². The maximum atomic E-state index is 12.8. The summed E-state index contributed by atoms with van der Waals surface area (Å²) in [5.41, 5.74) is -2.85. The minimum absolute atomic E-state index is 0.0496. The lowest BCUT2D eigenvalue weighted by atomic mass is 9.96. The van der Waals surface area contributed by atoms with E-state index in [0.717, 1.165) is 12.1 Å². The van der Waals surface area contributed by atoms with Crippen LogP contribution in [0.15, 0.2) is 36.7 Å². The number of aliphatic carboxylic acids is 1. The fourth-order valence-corrected chi connectivity index (χ4v) is 3.51. The van der Waals surface area contributed by atoms with E-state index in [1.165, 1.54) is 36.4 Å². The number of hydrogen-bond acceptors (Lipinski definition) is 7. The largest absolute Gasteiger partial charge is 0.479 e. The first-order valence-corrected chi connectivity index (χ1v) is 10.4. The van der Waals surface area contributed by atoms with Crippen molar-refractivity contribution in [3.8, 4) is 0 Å². The molecule has 0 saturated carbocycles. The lowest BCUT2D eigenvalue weighted by molar-refractivity contribution is -0.150. The SMILES string of the molecule is CC(C)(C)OC(=O)N1CCN(c2nccnc2Nc2ccc(C(F)(F)F)cc2)C[C@]1(C)C(=O)O.